The second kappa shape index (κ2) is 2.31. The zero-order chi connectivity index (χ0) is 13.5. The Bertz CT molecular complexity index is 781. The number of phenols is 1. The van der Waals surface area contributed by atoms with E-state index in [0.717, 1.165) is 18.4 Å². The number of ketones is 1. The van der Waals surface area contributed by atoms with E-state index in [1.165, 1.54) is 11.6 Å². The number of carbonyl (C=O) groups excluding carboxylic acids is 1. The summed E-state index contributed by atoms with van der Waals surface area (Å²) < 4.78 is 5.81. The van der Waals surface area contributed by atoms with E-state index < -0.39 is 17.1 Å². The fourth-order valence-corrected chi connectivity index (χ4v) is 5.77. The van der Waals surface area contributed by atoms with Crippen molar-refractivity contribution < 1.29 is 19.7 Å². The van der Waals surface area contributed by atoms with E-state index in [-0.39, 0.29) is 22.9 Å². The number of hydrogen-bond donors (Lipinski definition) is 2. The summed E-state index contributed by atoms with van der Waals surface area (Å²) in [7, 11) is 0. The maximum Gasteiger partial charge on any atom is 0.196 e. The zero-order valence-electron chi connectivity index (χ0n) is 10.6. The molecule has 1 aliphatic heterocycles. The van der Waals surface area contributed by atoms with Crippen LogP contribution < -0.4 is 4.74 Å². The molecule has 0 saturated heterocycles. The molecule has 5 unspecified atom stereocenters. The molecule has 100 valence electrons. The second-order valence-corrected chi connectivity index (χ2v) is 6.96. The molecule has 4 aliphatic carbocycles. The molecule has 2 saturated carbocycles. The average molecular weight is 268 g/mol. The molecule has 5 aliphatic rings. The van der Waals surface area contributed by atoms with Gasteiger partial charge in [0.15, 0.2) is 23.4 Å². The van der Waals surface area contributed by atoms with Crippen molar-refractivity contribution in [2.45, 2.75) is 35.4 Å². The lowest BCUT2D eigenvalue weighted by molar-refractivity contribution is -0.130. The molecule has 4 heteroatoms. The van der Waals surface area contributed by atoms with E-state index in [0.29, 0.717) is 5.75 Å². The van der Waals surface area contributed by atoms with Crippen LogP contribution in [0, 0.1) is 5.92 Å². The molecular formula is C16H12O4. The van der Waals surface area contributed by atoms with Crippen LogP contribution in [-0.2, 0) is 15.6 Å². The number of rotatable bonds is 0. The maximum absolute atomic E-state index is 12.3. The van der Waals surface area contributed by atoms with Crippen molar-refractivity contribution in [2.24, 2.45) is 5.92 Å². The van der Waals surface area contributed by atoms with Crippen molar-refractivity contribution in [2.75, 3.05) is 0 Å². The molecule has 0 amide bonds. The van der Waals surface area contributed by atoms with E-state index in [1.807, 2.05) is 6.07 Å². The topological polar surface area (TPSA) is 66.8 Å². The Kier molecular flexibility index (Phi) is 1.15. The quantitative estimate of drug-likeness (QED) is 0.734. The summed E-state index contributed by atoms with van der Waals surface area (Å²) in [5, 5.41) is 21.3. The first kappa shape index (κ1) is 10.00. The summed E-state index contributed by atoms with van der Waals surface area (Å²) in [4.78, 5) is 12.3. The summed E-state index contributed by atoms with van der Waals surface area (Å²) in [5.41, 5.74) is 0.439. The van der Waals surface area contributed by atoms with Crippen molar-refractivity contribution in [3.05, 3.63) is 35.4 Å². The smallest absolute Gasteiger partial charge is 0.196 e. The van der Waals surface area contributed by atoms with Crippen molar-refractivity contribution >= 4 is 5.78 Å². The van der Waals surface area contributed by atoms with Gasteiger partial charge in [-0.1, -0.05) is 6.07 Å². The standard InChI is InChI=1S/C16H12O4/c17-8-2-1-7-11-12(8)20-13-9(18)3-4-16(19)10-5-14(7,10)6-15(11,13)16/h1-4,10,13,17,19H,5-6H2. The highest BCUT2D eigenvalue weighted by atomic mass is 16.5. The molecule has 1 aromatic rings. The summed E-state index contributed by atoms with van der Waals surface area (Å²) in [5.74, 6) is 0.581. The Morgan fingerprint density at radius 3 is 3.05 bits per heavy atom. The van der Waals surface area contributed by atoms with Crippen molar-refractivity contribution in [3.8, 4) is 11.5 Å². The lowest BCUT2D eigenvalue weighted by Crippen LogP contribution is -2.59. The van der Waals surface area contributed by atoms with Crippen LogP contribution in [0.25, 0.3) is 0 Å². The number of carbonyl (C=O) groups is 1. The van der Waals surface area contributed by atoms with Crippen molar-refractivity contribution in [3.63, 3.8) is 0 Å². The molecular weight excluding hydrogens is 256 g/mol. The van der Waals surface area contributed by atoms with E-state index in [2.05, 4.69) is 0 Å². The minimum atomic E-state index is -0.988. The Balaban J connectivity index is 1.83. The largest absolute Gasteiger partial charge is 0.504 e. The third-order valence-corrected chi connectivity index (χ3v) is 6.48. The summed E-state index contributed by atoms with van der Waals surface area (Å²) in [6.07, 6.45) is 4.22. The molecule has 2 bridgehead atoms. The van der Waals surface area contributed by atoms with Gasteiger partial charge in [0.1, 0.15) is 5.60 Å². The number of benzene rings is 1. The molecule has 0 radical (unpaired) electrons. The van der Waals surface area contributed by atoms with Gasteiger partial charge in [0.05, 0.1) is 5.41 Å². The number of aliphatic hydroxyl groups is 1. The van der Waals surface area contributed by atoms with Crippen LogP contribution in [0.2, 0.25) is 0 Å². The highest BCUT2D eigenvalue weighted by molar-refractivity contribution is 6.00. The Labute approximate surface area is 114 Å². The fourth-order valence-electron chi connectivity index (χ4n) is 5.77. The lowest BCUT2D eigenvalue weighted by Gasteiger charge is -2.44. The number of phenolic OH excluding ortho intramolecular Hbond substituents is 1. The SMILES string of the molecule is O=C1C=CC2(O)C3CC34CC23c2c4ccc(O)c2OC13. The normalized spacial score (nSPS) is 51.0. The van der Waals surface area contributed by atoms with E-state index >= 15 is 0 Å². The predicted molar refractivity (Wildman–Crippen MR) is 67.7 cm³/mol. The minimum absolute atomic E-state index is 0.00350. The monoisotopic (exact) mass is 268 g/mol. The van der Waals surface area contributed by atoms with Gasteiger partial charge in [-0.15, -0.1) is 0 Å². The van der Waals surface area contributed by atoms with Gasteiger partial charge in [-0.25, -0.2) is 0 Å². The highest BCUT2D eigenvalue weighted by Gasteiger charge is 2.87. The van der Waals surface area contributed by atoms with Gasteiger partial charge in [-0.3, -0.25) is 4.79 Å². The first-order valence-electron chi connectivity index (χ1n) is 7.04. The summed E-state index contributed by atoms with van der Waals surface area (Å²) >= 11 is 0. The first-order chi connectivity index (χ1) is 9.55. The van der Waals surface area contributed by atoms with Crippen molar-refractivity contribution in [1.29, 1.82) is 0 Å². The third kappa shape index (κ3) is 0.627. The zero-order valence-corrected chi connectivity index (χ0v) is 10.6. The maximum atomic E-state index is 12.3. The Hall–Kier alpha value is -1.81. The average Bonchev–Trinajstić information content (AvgIpc) is 2.84. The molecule has 1 heterocycles. The van der Waals surface area contributed by atoms with Gasteiger partial charge in [-0.2, -0.15) is 0 Å². The molecule has 2 N–H and O–H groups in total. The van der Waals surface area contributed by atoms with Gasteiger partial charge in [0.25, 0.3) is 0 Å². The van der Waals surface area contributed by atoms with Crippen LogP contribution in [0.4, 0.5) is 0 Å². The molecule has 20 heavy (non-hydrogen) atoms. The van der Waals surface area contributed by atoms with Gasteiger partial charge >= 0.3 is 0 Å². The van der Waals surface area contributed by atoms with E-state index in [1.54, 1.807) is 12.1 Å². The van der Waals surface area contributed by atoms with E-state index in [4.69, 9.17) is 4.74 Å². The third-order valence-electron chi connectivity index (χ3n) is 6.48. The van der Waals surface area contributed by atoms with Gasteiger partial charge in [-0.05, 0) is 36.6 Å². The highest BCUT2D eigenvalue weighted by Crippen LogP contribution is 2.84. The molecule has 2 spiro atoms. The first-order valence-corrected chi connectivity index (χ1v) is 7.04. The van der Waals surface area contributed by atoms with Crippen LogP contribution in [0.15, 0.2) is 24.3 Å². The van der Waals surface area contributed by atoms with Crippen LogP contribution in [0.5, 0.6) is 11.5 Å². The number of aromatic hydroxyl groups is 1. The number of ether oxygens (including phenoxy) is 1. The van der Waals surface area contributed by atoms with Gasteiger partial charge < -0.3 is 14.9 Å². The molecule has 6 rings (SSSR count). The van der Waals surface area contributed by atoms with Crippen LogP contribution in [0.1, 0.15) is 24.0 Å². The molecule has 0 aromatic heterocycles. The molecule has 4 nitrogen and oxygen atoms in total. The molecule has 5 atom stereocenters. The van der Waals surface area contributed by atoms with E-state index in [9.17, 15) is 15.0 Å². The molecule has 1 aromatic carbocycles. The summed E-state index contributed by atoms with van der Waals surface area (Å²) in [6.45, 7) is 0. The Morgan fingerprint density at radius 1 is 1.35 bits per heavy atom. The number of hydrogen-bond acceptors (Lipinski definition) is 4. The predicted octanol–water partition coefficient (Wildman–Crippen LogP) is 0.936. The Morgan fingerprint density at radius 2 is 2.20 bits per heavy atom. The fraction of sp³-hybridized carbons (Fsp3) is 0.438. The molecule has 2 fully saturated rings. The summed E-state index contributed by atoms with van der Waals surface area (Å²) in [6, 6.07) is 3.61. The van der Waals surface area contributed by atoms with Crippen molar-refractivity contribution in [1.82, 2.24) is 0 Å². The second-order valence-electron chi connectivity index (χ2n) is 6.96. The van der Waals surface area contributed by atoms with Crippen LogP contribution in [0.3, 0.4) is 0 Å². The van der Waals surface area contributed by atoms with Gasteiger partial charge in [0.2, 0.25) is 0 Å². The van der Waals surface area contributed by atoms with Crippen LogP contribution >= 0.6 is 0 Å². The number of fused-ring (bicyclic) bond motifs is 1. The van der Waals surface area contributed by atoms with Gasteiger partial charge in [0, 0.05) is 16.9 Å². The minimum Gasteiger partial charge on any atom is -0.504 e. The lowest BCUT2D eigenvalue weighted by atomic mass is 9.61. The van der Waals surface area contributed by atoms with Crippen LogP contribution in [-0.4, -0.2) is 27.7 Å².